The summed E-state index contributed by atoms with van der Waals surface area (Å²) in [5, 5.41) is 9.74. The zero-order valence-electron chi connectivity index (χ0n) is 12.1. The molecule has 0 aliphatic carbocycles. The molecule has 0 aliphatic heterocycles. The van der Waals surface area contributed by atoms with Crippen LogP contribution in [0.1, 0.15) is 31.4 Å². The summed E-state index contributed by atoms with van der Waals surface area (Å²) in [4.78, 5) is 4.46. The van der Waals surface area contributed by atoms with Crippen LogP contribution in [-0.4, -0.2) is 44.2 Å². The summed E-state index contributed by atoms with van der Waals surface area (Å²) in [6.07, 6.45) is 1.58. The standard InChI is InChI=1S/C15H26N2O/c1-5-15(18)13-7-9-14(10-8-13)17(4)12-6-11-16(2)3/h7-10,15,18H,5-6,11-12H2,1-4H3/t15-/m0/s1. The average molecular weight is 250 g/mol. The Morgan fingerprint density at radius 3 is 2.17 bits per heavy atom. The normalized spacial score (nSPS) is 12.8. The molecule has 0 aliphatic rings. The Morgan fingerprint density at radius 2 is 1.67 bits per heavy atom. The molecule has 0 amide bonds. The zero-order valence-corrected chi connectivity index (χ0v) is 12.1. The first-order chi connectivity index (χ1) is 8.54. The van der Waals surface area contributed by atoms with E-state index in [1.165, 1.54) is 5.69 Å². The highest BCUT2D eigenvalue weighted by atomic mass is 16.3. The van der Waals surface area contributed by atoms with Crippen LogP contribution in [0.5, 0.6) is 0 Å². The molecule has 0 radical (unpaired) electrons. The lowest BCUT2D eigenvalue weighted by atomic mass is 10.1. The van der Waals surface area contributed by atoms with Crippen LogP contribution in [0.4, 0.5) is 5.69 Å². The molecule has 102 valence electrons. The summed E-state index contributed by atoms with van der Waals surface area (Å²) in [6, 6.07) is 8.21. The number of hydrogen-bond acceptors (Lipinski definition) is 3. The Balaban J connectivity index is 2.51. The molecule has 0 unspecified atom stereocenters. The predicted molar refractivity (Wildman–Crippen MR) is 78.1 cm³/mol. The zero-order chi connectivity index (χ0) is 13.5. The maximum Gasteiger partial charge on any atom is 0.0787 e. The van der Waals surface area contributed by atoms with Gasteiger partial charge in [0.05, 0.1) is 6.10 Å². The highest BCUT2D eigenvalue weighted by Gasteiger charge is 2.05. The fraction of sp³-hybridized carbons (Fsp3) is 0.600. The van der Waals surface area contributed by atoms with Gasteiger partial charge in [-0.2, -0.15) is 0 Å². The first kappa shape index (κ1) is 15.0. The SMILES string of the molecule is CC[C@H](O)c1ccc(N(C)CCCN(C)C)cc1. The molecule has 1 N–H and O–H groups in total. The lowest BCUT2D eigenvalue weighted by Gasteiger charge is -2.21. The molecule has 1 aromatic carbocycles. The quantitative estimate of drug-likeness (QED) is 0.805. The van der Waals surface area contributed by atoms with E-state index in [2.05, 4.69) is 43.1 Å². The van der Waals surface area contributed by atoms with Crippen molar-refractivity contribution < 1.29 is 5.11 Å². The van der Waals surface area contributed by atoms with Gasteiger partial charge in [-0.15, -0.1) is 0 Å². The molecule has 0 fully saturated rings. The summed E-state index contributed by atoms with van der Waals surface area (Å²) in [5.74, 6) is 0. The van der Waals surface area contributed by atoms with Gasteiger partial charge in [0.1, 0.15) is 0 Å². The van der Waals surface area contributed by atoms with Crippen molar-refractivity contribution in [3.63, 3.8) is 0 Å². The number of aliphatic hydroxyl groups is 1. The lowest BCUT2D eigenvalue weighted by Crippen LogP contribution is -2.23. The van der Waals surface area contributed by atoms with Crippen LogP contribution in [0, 0.1) is 0 Å². The fourth-order valence-electron chi connectivity index (χ4n) is 1.94. The van der Waals surface area contributed by atoms with Crippen LogP contribution in [0.3, 0.4) is 0 Å². The van der Waals surface area contributed by atoms with Crippen LogP contribution in [0.15, 0.2) is 24.3 Å². The summed E-state index contributed by atoms with van der Waals surface area (Å²) < 4.78 is 0. The van der Waals surface area contributed by atoms with Gasteiger partial charge in [0.25, 0.3) is 0 Å². The molecule has 1 aromatic rings. The third-order valence-corrected chi connectivity index (χ3v) is 3.20. The molecule has 3 heteroatoms. The van der Waals surface area contributed by atoms with Gasteiger partial charge in [-0.25, -0.2) is 0 Å². The van der Waals surface area contributed by atoms with Crippen LogP contribution < -0.4 is 4.90 Å². The molecular weight excluding hydrogens is 224 g/mol. The van der Waals surface area contributed by atoms with Crippen LogP contribution >= 0.6 is 0 Å². The van der Waals surface area contributed by atoms with E-state index in [0.717, 1.165) is 31.5 Å². The van der Waals surface area contributed by atoms with Crippen molar-refractivity contribution in [3.8, 4) is 0 Å². The maximum absolute atomic E-state index is 9.74. The smallest absolute Gasteiger partial charge is 0.0787 e. The van der Waals surface area contributed by atoms with Crippen molar-refractivity contribution >= 4 is 5.69 Å². The molecule has 0 saturated heterocycles. The fourth-order valence-corrected chi connectivity index (χ4v) is 1.94. The van der Waals surface area contributed by atoms with Crippen LogP contribution in [-0.2, 0) is 0 Å². The molecule has 0 saturated carbocycles. The Bertz CT molecular complexity index is 335. The van der Waals surface area contributed by atoms with Crippen molar-refractivity contribution in [1.82, 2.24) is 4.90 Å². The molecule has 0 spiro atoms. The third-order valence-electron chi connectivity index (χ3n) is 3.20. The number of hydrogen-bond donors (Lipinski definition) is 1. The minimum atomic E-state index is -0.335. The van der Waals surface area contributed by atoms with E-state index in [4.69, 9.17) is 0 Å². The summed E-state index contributed by atoms with van der Waals surface area (Å²) in [6.45, 7) is 4.15. The minimum absolute atomic E-state index is 0.335. The van der Waals surface area contributed by atoms with Crippen LogP contribution in [0.25, 0.3) is 0 Å². The van der Waals surface area contributed by atoms with Crippen molar-refractivity contribution in [1.29, 1.82) is 0 Å². The molecular formula is C15H26N2O. The second-order valence-corrected chi connectivity index (χ2v) is 5.09. The molecule has 3 nitrogen and oxygen atoms in total. The van der Waals surface area contributed by atoms with Gasteiger partial charge in [0.15, 0.2) is 0 Å². The van der Waals surface area contributed by atoms with E-state index in [-0.39, 0.29) is 6.10 Å². The number of aliphatic hydroxyl groups excluding tert-OH is 1. The van der Waals surface area contributed by atoms with E-state index >= 15 is 0 Å². The topological polar surface area (TPSA) is 26.7 Å². The number of rotatable bonds is 7. The van der Waals surface area contributed by atoms with Gasteiger partial charge in [0, 0.05) is 19.3 Å². The summed E-state index contributed by atoms with van der Waals surface area (Å²) >= 11 is 0. The van der Waals surface area contributed by atoms with Crippen molar-refractivity contribution in [3.05, 3.63) is 29.8 Å². The maximum atomic E-state index is 9.74. The molecule has 18 heavy (non-hydrogen) atoms. The van der Waals surface area contributed by atoms with Gasteiger partial charge < -0.3 is 14.9 Å². The second-order valence-electron chi connectivity index (χ2n) is 5.09. The highest BCUT2D eigenvalue weighted by Crippen LogP contribution is 2.20. The van der Waals surface area contributed by atoms with Crippen molar-refractivity contribution in [2.24, 2.45) is 0 Å². The Labute approximate surface area is 111 Å². The van der Waals surface area contributed by atoms with Gasteiger partial charge >= 0.3 is 0 Å². The number of nitrogens with zero attached hydrogens (tertiary/aromatic N) is 2. The Kier molecular flexibility index (Phi) is 6.16. The Hall–Kier alpha value is -1.06. The van der Waals surface area contributed by atoms with Crippen LogP contribution in [0.2, 0.25) is 0 Å². The van der Waals surface area contributed by atoms with E-state index in [9.17, 15) is 5.11 Å². The molecule has 1 atom stereocenters. The summed E-state index contributed by atoms with van der Waals surface area (Å²) in [7, 11) is 6.31. The van der Waals surface area contributed by atoms with E-state index in [0.29, 0.717) is 0 Å². The van der Waals surface area contributed by atoms with Gasteiger partial charge in [-0.05, 0) is 51.2 Å². The van der Waals surface area contributed by atoms with Gasteiger partial charge in [-0.1, -0.05) is 19.1 Å². The van der Waals surface area contributed by atoms with E-state index in [1.807, 2.05) is 19.1 Å². The largest absolute Gasteiger partial charge is 0.388 e. The average Bonchev–Trinajstić information content (AvgIpc) is 2.37. The highest BCUT2D eigenvalue weighted by molar-refractivity contribution is 5.47. The first-order valence-corrected chi connectivity index (χ1v) is 6.68. The lowest BCUT2D eigenvalue weighted by molar-refractivity contribution is 0.173. The summed E-state index contributed by atoms with van der Waals surface area (Å²) in [5.41, 5.74) is 2.21. The van der Waals surface area contributed by atoms with E-state index in [1.54, 1.807) is 0 Å². The molecule has 0 aromatic heterocycles. The number of benzene rings is 1. The molecule has 1 rings (SSSR count). The molecule has 0 bridgehead atoms. The van der Waals surface area contributed by atoms with Crippen molar-refractivity contribution in [2.75, 3.05) is 39.1 Å². The van der Waals surface area contributed by atoms with E-state index < -0.39 is 0 Å². The van der Waals surface area contributed by atoms with Gasteiger partial charge in [-0.3, -0.25) is 0 Å². The minimum Gasteiger partial charge on any atom is -0.388 e. The first-order valence-electron chi connectivity index (χ1n) is 6.68. The Morgan fingerprint density at radius 1 is 1.06 bits per heavy atom. The predicted octanol–water partition coefficient (Wildman–Crippen LogP) is 2.52. The molecule has 0 heterocycles. The third kappa shape index (κ3) is 4.67. The van der Waals surface area contributed by atoms with Crippen molar-refractivity contribution in [2.45, 2.75) is 25.9 Å². The van der Waals surface area contributed by atoms with Gasteiger partial charge in [0.2, 0.25) is 0 Å². The second kappa shape index (κ2) is 7.39. The number of anilines is 1. The monoisotopic (exact) mass is 250 g/mol.